The highest BCUT2D eigenvalue weighted by Crippen LogP contribution is 2.24. The Morgan fingerprint density at radius 3 is 2.54 bits per heavy atom. The zero-order chi connectivity index (χ0) is 17.8. The SMILES string of the molecule is CN=C(NCCN(C)C1CCCCC1)N1CCS(=O)(=O)C(C)(C)C1. The average molecular weight is 359 g/mol. The van der Waals surface area contributed by atoms with Gasteiger partial charge in [-0.1, -0.05) is 19.3 Å². The Hall–Kier alpha value is -0.820. The number of nitrogens with zero attached hydrogens (tertiary/aromatic N) is 3. The molecule has 1 saturated carbocycles. The molecule has 6 nitrogen and oxygen atoms in total. The predicted molar refractivity (Wildman–Crippen MR) is 100 cm³/mol. The highest BCUT2D eigenvalue weighted by Gasteiger charge is 2.40. The molecule has 2 rings (SSSR count). The molecule has 1 aliphatic carbocycles. The van der Waals surface area contributed by atoms with Crippen molar-refractivity contribution in [3.05, 3.63) is 0 Å². The van der Waals surface area contributed by atoms with Crippen LogP contribution < -0.4 is 5.32 Å². The number of hydrogen-bond acceptors (Lipinski definition) is 4. The van der Waals surface area contributed by atoms with Gasteiger partial charge in [-0.25, -0.2) is 8.42 Å². The molecule has 2 aliphatic rings. The Morgan fingerprint density at radius 1 is 1.29 bits per heavy atom. The van der Waals surface area contributed by atoms with Gasteiger partial charge in [0, 0.05) is 39.3 Å². The van der Waals surface area contributed by atoms with Crippen molar-refractivity contribution in [1.29, 1.82) is 0 Å². The fourth-order valence-corrected chi connectivity index (χ4v) is 5.07. The third kappa shape index (κ3) is 4.63. The first-order valence-electron chi connectivity index (χ1n) is 9.15. The van der Waals surface area contributed by atoms with Crippen molar-refractivity contribution in [1.82, 2.24) is 15.1 Å². The van der Waals surface area contributed by atoms with Crippen LogP contribution in [0, 0.1) is 0 Å². The number of aliphatic imine (C=N–C) groups is 1. The molecule has 0 unspecified atom stereocenters. The van der Waals surface area contributed by atoms with E-state index in [1.54, 1.807) is 20.9 Å². The minimum Gasteiger partial charge on any atom is -0.355 e. The second-order valence-corrected chi connectivity index (χ2v) is 10.5. The lowest BCUT2D eigenvalue weighted by Crippen LogP contribution is -2.57. The molecule has 0 aromatic carbocycles. The number of nitrogens with one attached hydrogen (secondary N) is 1. The molecular formula is C17H34N4O2S. The first-order chi connectivity index (χ1) is 11.3. The Morgan fingerprint density at radius 2 is 1.96 bits per heavy atom. The van der Waals surface area contributed by atoms with E-state index < -0.39 is 14.6 Å². The predicted octanol–water partition coefficient (Wildman–Crippen LogP) is 1.34. The summed E-state index contributed by atoms with van der Waals surface area (Å²) in [5, 5.41) is 3.41. The van der Waals surface area contributed by atoms with E-state index in [2.05, 4.69) is 27.2 Å². The third-order valence-electron chi connectivity index (χ3n) is 5.50. The molecule has 7 heteroatoms. The first kappa shape index (κ1) is 19.5. The van der Waals surface area contributed by atoms with E-state index in [0.29, 0.717) is 19.1 Å². The molecule has 1 aliphatic heterocycles. The van der Waals surface area contributed by atoms with Crippen LogP contribution in [0.1, 0.15) is 46.0 Å². The van der Waals surface area contributed by atoms with Gasteiger partial charge in [-0.3, -0.25) is 4.99 Å². The fraction of sp³-hybridized carbons (Fsp3) is 0.941. The zero-order valence-corrected chi connectivity index (χ0v) is 16.5. The van der Waals surface area contributed by atoms with Gasteiger partial charge in [-0.05, 0) is 33.7 Å². The van der Waals surface area contributed by atoms with Crippen LogP contribution in [0.4, 0.5) is 0 Å². The molecule has 0 atom stereocenters. The smallest absolute Gasteiger partial charge is 0.193 e. The van der Waals surface area contributed by atoms with E-state index in [0.717, 1.165) is 19.0 Å². The lowest BCUT2D eigenvalue weighted by Gasteiger charge is -2.39. The van der Waals surface area contributed by atoms with Crippen LogP contribution >= 0.6 is 0 Å². The zero-order valence-electron chi connectivity index (χ0n) is 15.7. The molecule has 0 radical (unpaired) electrons. The summed E-state index contributed by atoms with van der Waals surface area (Å²) < 4.78 is 23.6. The molecule has 1 saturated heterocycles. The van der Waals surface area contributed by atoms with E-state index in [1.165, 1.54) is 32.1 Å². The van der Waals surface area contributed by atoms with Crippen molar-refractivity contribution in [3.8, 4) is 0 Å². The van der Waals surface area contributed by atoms with E-state index >= 15 is 0 Å². The summed E-state index contributed by atoms with van der Waals surface area (Å²) in [6.07, 6.45) is 6.69. The van der Waals surface area contributed by atoms with Crippen LogP contribution in [0.3, 0.4) is 0 Å². The summed E-state index contributed by atoms with van der Waals surface area (Å²) >= 11 is 0. The molecule has 0 amide bonds. The molecule has 24 heavy (non-hydrogen) atoms. The van der Waals surface area contributed by atoms with Crippen LogP contribution in [0.25, 0.3) is 0 Å². The first-order valence-corrected chi connectivity index (χ1v) is 10.8. The minimum atomic E-state index is -3.02. The second kappa shape index (κ2) is 8.04. The van der Waals surface area contributed by atoms with Crippen molar-refractivity contribution in [2.45, 2.75) is 56.7 Å². The van der Waals surface area contributed by atoms with Gasteiger partial charge in [0.2, 0.25) is 0 Å². The molecule has 0 bridgehead atoms. The highest BCUT2D eigenvalue weighted by molar-refractivity contribution is 7.92. The maximum atomic E-state index is 12.1. The summed E-state index contributed by atoms with van der Waals surface area (Å²) in [6, 6.07) is 0.710. The summed E-state index contributed by atoms with van der Waals surface area (Å²) in [6.45, 7) is 6.44. The van der Waals surface area contributed by atoms with Crippen molar-refractivity contribution < 1.29 is 8.42 Å². The number of likely N-dealkylation sites (N-methyl/N-ethyl adjacent to an activating group) is 1. The second-order valence-electron chi connectivity index (χ2n) is 7.75. The molecular weight excluding hydrogens is 324 g/mol. The van der Waals surface area contributed by atoms with Gasteiger partial charge in [0.15, 0.2) is 15.8 Å². The topological polar surface area (TPSA) is 65.0 Å². The maximum Gasteiger partial charge on any atom is 0.193 e. The van der Waals surface area contributed by atoms with Crippen LogP contribution in [0.15, 0.2) is 4.99 Å². The normalized spacial score (nSPS) is 25.0. The van der Waals surface area contributed by atoms with Gasteiger partial charge in [0.1, 0.15) is 0 Å². The van der Waals surface area contributed by atoms with Crippen molar-refractivity contribution in [3.63, 3.8) is 0 Å². The van der Waals surface area contributed by atoms with Crippen LogP contribution in [0.2, 0.25) is 0 Å². The largest absolute Gasteiger partial charge is 0.355 e. The van der Waals surface area contributed by atoms with Gasteiger partial charge in [0.25, 0.3) is 0 Å². The summed E-state index contributed by atoms with van der Waals surface area (Å²) in [4.78, 5) is 8.87. The monoisotopic (exact) mass is 358 g/mol. The lowest BCUT2D eigenvalue weighted by molar-refractivity contribution is 0.194. The Balaban J connectivity index is 1.82. The molecule has 1 heterocycles. The van der Waals surface area contributed by atoms with Crippen LogP contribution in [0.5, 0.6) is 0 Å². The van der Waals surface area contributed by atoms with Crippen LogP contribution in [-0.4, -0.2) is 81.0 Å². The van der Waals surface area contributed by atoms with E-state index in [1.807, 2.05) is 0 Å². The summed E-state index contributed by atoms with van der Waals surface area (Å²) in [5.74, 6) is 1.01. The molecule has 1 N–H and O–H groups in total. The lowest BCUT2D eigenvalue weighted by atomic mass is 9.94. The van der Waals surface area contributed by atoms with E-state index in [4.69, 9.17) is 0 Å². The Bertz CT molecular complexity index is 539. The number of guanidine groups is 1. The average Bonchev–Trinajstić information content (AvgIpc) is 2.55. The summed E-state index contributed by atoms with van der Waals surface area (Å²) in [7, 11) is 0.956. The van der Waals surface area contributed by atoms with Crippen molar-refractivity contribution >= 4 is 15.8 Å². The third-order valence-corrected chi connectivity index (χ3v) is 8.03. The number of rotatable bonds is 4. The van der Waals surface area contributed by atoms with Gasteiger partial charge in [-0.2, -0.15) is 0 Å². The summed E-state index contributed by atoms with van der Waals surface area (Å²) in [5.41, 5.74) is 0. The molecule has 2 fully saturated rings. The quantitative estimate of drug-likeness (QED) is 0.607. The Kier molecular flexibility index (Phi) is 6.53. The van der Waals surface area contributed by atoms with E-state index in [-0.39, 0.29) is 5.75 Å². The highest BCUT2D eigenvalue weighted by atomic mass is 32.2. The molecule has 140 valence electrons. The minimum absolute atomic E-state index is 0.197. The van der Waals surface area contributed by atoms with Crippen molar-refractivity contribution in [2.75, 3.05) is 46.0 Å². The van der Waals surface area contributed by atoms with Gasteiger partial charge < -0.3 is 15.1 Å². The van der Waals surface area contributed by atoms with Crippen LogP contribution in [-0.2, 0) is 9.84 Å². The molecule has 0 aromatic heterocycles. The van der Waals surface area contributed by atoms with Gasteiger partial charge in [0.05, 0.1) is 10.5 Å². The maximum absolute atomic E-state index is 12.1. The fourth-order valence-electron chi connectivity index (χ4n) is 3.71. The van der Waals surface area contributed by atoms with E-state index in [9.17, 15) is 8.42 Å². The van der Waals surface area contributed by atoms with Gasteiger partial charge in [-0.15, -0.1) is 0 Å². The molecule has 0 aromatic rings. The van der Waals surface area contributed by atoms with Gasteiger partial charge >= 0.3 is 0 Å². The number of hydrogen-bond donors (Lipinski definition) is 1. The number of sulfone groups is 1. The Labute approximate surface area is 147 Å². The standard InChI is InChI=1S/C17H34N4O2S/c1-17(2)14-21(12-13-24(17,22)23)16(18-3)19-10-11-20(4)15-8-6-5-7-9-15/h15H,5-14H2,1-4H3,(H,18,19). The van der Waals surface area contributed by atoms with Crippen molar-refractivity contribution in [2.24, 2.45) is 4.99 Å². The molecule has 0 spiro atoms.